The summed E-state index contributed by atoms with van der Waals surface area (Å²) in [5, 5.41) is 20.2. The van der Waals surface area contributed by atoms with E-state index in [9.17, 15) is 4.79 Å². The average Bonchev–Trinajstić information content (AvgIpc) is 3.25. The van der Waals surface area contributed by atoms with Gasteiger partial charge in [-0.3, -0.25) is 15.0 Å². The third-order valence-corrected chi connectivity index (χ3v) is 4.67. The summed E-state index contributed by atoms with van der Waals surface area (Å²) in [5.74, 6) is -0.158. The summed E-state index contributed by atoms with van der Waals surface area (Å²) in [6.45, 7) is 4.83. The third-order valence-electron chi connectivity index (χ3n) is 4.67. The molecule has 1 aliphatic heterocycles. The maximum absolute atomic E-state index is 11.2. The summed E-state index contributed by atoms with van der Waals surface area (Å²) in [7, 11) is 4.05. The highest BCUT2D eigenvalue weighted by Crippen LogP contribution is 2.34. The number of hydroxylamine groups is 1. The van der Waals surface area contributed by atoms with Crippen LogP contribution in [0.25, 0.3) is 10.9 Å². The Balaban J connectivity index is 1.83. The van der Waals surface area contributed by atoms with E-state index in [0.717, 1.165) is 28.0 Å². The molecule has 0 spiro atoms. The summed E-state index contributed by atoms with van der Waals surface area (Å²) >= 11 is 0. The molecule has 0 saturated heterocycles. The molecule has 1 aliphatic rings. The summed E-state index contributed by atoms with van der Waals surface area (Å²) in [6, 6.07) is 8.57. The number of aromatic amines is 1. The second-order valence-electron chi connectivity index (χ2n) is 7.30. The molecule has 1 amide bonds. The molecule has 0 aliphatic carbocycles. The van der Waals surface area contributed by atoms with Crippen LogP contribution in [-0.2, 0) is 4.79 Å². The lowest BCUT2D eigenvalue weighted by Crippen LogP contribution is -2.26. The summed E-state index contributed by atoms with van der Waals surface area (Å²) in [4.78, 5) is 16.8. The van der Waals surface area contributed by atoms with Crippen LogP contribution < -0.4 is 10.4 Å². The molecule has 8 heteroatoms. The maximum Gasteiger partial charge on any atom is 0.247 e. The minimum Gasteiger partial charge on any atom is -0.378 e. The first-order valence-corrected chi connectivity index (χ1v) is 8.99. The van der Waals surface area contributed by atoms with Gasteiger partial charge in [-0.15, -0.1) is 5.11 Å². The Bertz CT molecular complexity index is 883. The second-order valence-corrected chi connectivity index (χ2v) is 7.30. The zero-order chi connectivity index (χ0) is 19.6. The van der Waals surface area contributed by atoms with Gasteiger partial charge < -0.3 is 9.88 Å². The number of nitrogens with zero attached hydrogens (tertiary/aromatic N) is 4. The quantitative estimate of drug-likeness (QED) is 0.536. The molecule has 2 aromatic rings. The van der Waals surface area contributed by atoms with Gasteiger partial charge in [0.25, 0.3) is 0 Å². The van der Waals surface area contributed by atoms with Crippen molar-refractivity contribution in [2.75, 3.05) is 25.5 Å². The van der Waals surface area contributed by atoms with Crippen molar-refractivity contribution in [3.05, 3.63) is 41.7 Å². The van der Waals surface area contributed by atoms with Crippen molar-refractivity contribution in [1.82, 2.24) is 15.5 Å². The van der Waals surface area contributed by atoms with Crippen molar-refractivity contribution in [3.63, 3.8) is 0 Å². The number of hydrogen-bond donors (Lipinski definition) is 3. The normalized spacial score (nSPS) is 16.5. The van der Waals surface area contributed by atoms with Gasteiger partial charge in [0.2, 0.25) is 5.91 Å². The third kappa shape index (κ3) is 4.11. The number of nitrogens with one attached hydrogen (secondary N) is 2. The Labute approximate surface area is 158 Å². The van der Waals surface area contributed by atoms with Crippen LogP contribution in [0.3, 0.4) is 0 Å². The Kier molecular flexibility index (Phi) is 5.46. The van der Waals surface area contributed by atoms with Gasteiger partial charge in [-0.2, -0.15) is 0 Å². The monoisotopic (exact) mass is 370 g/mol. The number of fused-ring (bicyclic) bond motifs is 1. The predicted molar refractivity (Wildman–Crippen MR) is 104 cm³/mol. The van der Waals surface area contributed by atoms with E-state index in [1.807, 2.05) is 19.1 Å². The van der Waals surface area contributed by atoms with Crippen LogP contribution >= 0.6 is 0 Å². The van der Waals surface area contributed by atoms with Crippen LogP contribution in [0.1, 0.15) is 32.0 Å². The number of amides is 1. The van der Waals surface area contributed by atoms with Gasteiger partial charge in [-0.05, 0) is 35.6 Å². The molecule has 0 bridgehead atoms. The highest BCUT2D eigenvalue weighted by Gasteiger charge is 2.28. The van der Waals surface area contributed by atoms with Crippen molar-refractivity contribution in [2.24, 2.45) is 16.3 Å². The first kappa shape index (κ1) is 18.9. The van der Waals surface area contributed by atoms with Gasteiger partial charge in [0.1, 0.15) is 0 Å². The lowest BCUT2D eigenvalue weighted by molar-refractivity contribution is -0.128. The fourth-order valence-electron chi connectivity index (χ4n) is 3.30. The van der Waals surface area contributed by atoms with E-state index in [0.29, 0.717) is 12.5 Å². The molecule has 1 aromatic heterocycles. The number of carbonyl (C=O) groups excluding carboxylic acids is 1. The van der Waals surface area contributed by atoms with E-state index in [-0.39, 0.29) is 12.5 Å². The van der Waals surface area contributed by atoms with Gasteiger partial charge in [0.15, 0.2) is 0 Å². The molecule has 2 heterocycles. The lowest BCUT2D eigenvalue weighted by Gasteiger charge is -2.27. The van der Waals surface area contributed by atoms with E-state index in [4.69, 9.17) is 5.21 Å². The molecule has 144 valence electrons. The van der Waals surface area contributed by atoms with E-state index < -0.39 is 5.91 Å². The molecular formula is C19H26N6O2. The van der Waals surface area contributed by atoms with Gasteiger partial charge in [-0.1, -0.05) is 25.1 Å². The molecule has 0 saturated carbocycles. The Morgan fingerprint density at radius 1 is 1.41 bits per heavy atom. The van der Waals surface area contributed by atoms with Crippen molar-refractivity contribution in [3.8, 4) is 0 Å². The van der Waals surface area contributed by atoms with Crippen molar-refractivity contribution in [1.29, 1.82) is 0 Å². The van der Waals surface area contributed by atoms with Crippen LogP contribution in [0.2, 0.25) is 0 Å². The smallest absolute Gasteiger partial charge is 0.247 e. The van der Waals surface area contributed by atoms with Gasteiger partial charge in [0.05, 0.1) is 18.3 Å². The van der Waals surface area contributed by atoms with E-state index in [1.54, 1.807) is 11.6 Å². The predicted octanol–water partition coefficient (Wildman–Crippen LogP) is 3.39. The largest absolute Gasteiger partial charge is 0.378 e. The van der Waals surface area contributed by atoms with Crippen LogP contribution in [-0.4, -0.2) is 41.7 Å². The minimum absolute atomic E-state index is 0.0431. The Morgan fingerprint density at radius 3 is 2.85 bits per heavy atom. The zero-order valence-electron chi connectivity index (χ0n) is 16.1. The van der Waals surface area contributed by atoms with E-state index in [1.165, 1.54) is 0 Å². The molecule has 27 heavy (non-hydrogen) atoms. The Morgan fingerprint density at radius 2 is 2.19 bits per heavy atom. The molecule has 8 nitrogen and oxygen atoms in total. The maximum atomic E-state index is 11.2. The lowest BCUT2D eigenvalue weighted by atomic mass is 10.00. The van der Waals surface area contributed by atoms with Crippen molar-refractivity contribution >= 4 is 22.5 Å². The molecule has 3 N–H and O–H groups in total. The standard InChI is InChI=1S/C19H26N6O2/c1-12(2)19(25-11-14(21-23-25)6-8-18(26)22-27)17-9-13-5-7-15(24(3)4)10-16(13)20-17/h5-7,9-10,12,19-20,27H,8,11H2,1-4H3,(H,22,26)/b14-6-. The van der Waals surface area contributed by atoms with Gasteiger partial charge in [0, 0.05) is 37.4 Å². The zero-order valence-corrected chi connectivity index (χ0v) is 16.1. The minimum atomic E-state index is -0.469. The molecule has 1 atom stereocenters. The molecule has 3 rings (SSSR count). The number of H-pyrrole nitrogens is 1. The molecule has 0 radical (unpaired) electrons. The number of aromatic nitrogens is 1. The topological polar surface area (TPSA) is 96.3 Å². The SMILES string of the molecule is CC(C)C(c1cc2ccc(N(C)C)cc2[nH]1)N1C/C(=C/CC(=O)NO)N=N1. The van der Waals surface area contributed by atoms with Crippen LogP contribution in [0.15, 0.2) is 46.4 Å². The molecule has 0 fully saturated rings. The fraction of sp³-hybridized carbons (Fsp3) is 0.421. The highest BCUT2D eigenvalue weighted by molar-refractivity contribution is 5.84. The average molecular weight is 370 g/mol. The summed E-state index contributed by atoms with van der Waals surface area (Å²) < 4.78 is 0. The van der Waals surface area contributed by atoms with E-state index in [2.05, 4.69) is 58.3 Å². The van der Waals surface area contributed by atoms with Crippen LogP contribution in [0, 0.1) is 5.92 Å². The van der Waals surface area contributed by atoms with Crippen LogP contribution in [0.4, 0.5) is 5.69 Å². The first-order chi connectivity index (χ1) is 12.9. The molecular weight excluding hydrogens is 344 g/mol. The van der Waals surface area contributed by atoms with Gasteiger partial charge in [-0.25, -0.2) is 5.48 Å². The Hall–Kier alpha value is -2.87. The number of hydrogen-bond acceptors (Lipinski definition) is 6. The van der Waals surface area contributed by atoms with E-state index >= 15 is 0 Å². The fourth-order valence-corrected chi connectivity index (χ4v) is 3.30. The van der Waals surface area contributed by atoms with Crippen molar-refractivity contribution < 1.29 is 10.0 Å². The van der Waals surface area contributed by atoms with Gasteiger partial charge >= 0.3 is 0 Å². The second kappa shape index (κ2) is 7.79. The number of rotatable bonds is 6. The highest BCUT2D eigenvalue weighted by atomic mass is 16.5. The number of carbonyl (C=O) groups is 1. The van der Waals surface area contributed by atoms with Crippen molar-refractivity contribution in [2.45, 2.75) is 26.3 Å². The number of anilines is 1. The number of benzene rings is 1. The molecule has 1 unspecified atom stereocenters. The van der Waals surface area contributed by atoms with Crippen LogP contribution in [0.5, 0.6) is 0 Å². The summed E-state index contributed by atoms with van der Waals surface area (Å²) in [6.07, 6.45) is 1.76. The first-order valence-electron chi connectivity index (χ1n) is 8.99. The summed E-state index contributed by atoms with van der Waals surface area (Å²) in [5.41, 5.74) is 5.66. The molecule has 1 aromatic carbocycles.